The molecule has 3 rings (SSSR count). The molecule has 1 unspecified atom stereocenters. The molecular weight excluding hydrogens is 374 g/mol. The molecule has 9 nitrogen and oxygen atoms in total. The first-order valence-corrected chi connectivity index (χ1v) is 10.2. The van der Waals surface area contributed by atoms with Crippen molar-refractivity contribution in [3.63, 3.8) is 0 Å². The number of hydrogen-bond donors (Lipinski definition) is 1. The lowest BCUT2D eigenvalue weighted by molar-refractivity contribution is -0.385. The molecule has 2 saturated heterocycles. The number of benzene rings is 1. The number of amides is 3. The highest BCUT2D eigenvalue weighted by Gasteiger charge is 2.27. The summed E-state index contributed by atoms with van der Waals surface area (Å²) in [5.74, 6) is 0.169. The van der Waals surface area contributed by atoms with Gasteiger partial charge in [-0.15, -0.1) is 0 Å². The number of piperazine rings is 1. The van der Waals surface area contributed by atoms with Gasteiger partial charge in [-0.2, -0.15) is 0 Å². The minimum Gasteiger partial charge on any atom is -0.339 e. The molecule has 0 saturated carbocycles. The number of piperidine rings is 1. The van der Waals surface area contributed by atoms with E-state index < -0.39 is 4.92 Å². The Kier molecular flexibility index (Phi) is 6.68. The maximum atomic E-state index is 12.6. The highest BCUT2D eigenvalue weighted by molar-refractivity contribution is 5.91. The topological polar surface area (TPSA) is 99.0 Å². The van der Waals surface area contributed by atoms with E-state index in [1.165, 1.54) is 12.5 Å². The number of nitrogens with one attached hydrogen (secondary N) is 1. The lowest BCUT2D eigenvalue weighted by atomic mass is 10.0. The van der Waals surface area contributed by atoms with Crippen molar-refractivity contribution in [1.82, 2.24) is 14.7 Å². The number of anilines is 1. The summed E-state index contributed by atoms with van der Waals surface area (Å²) < 4.78 is 0. The second-order valence-corrected chi connectivity index (χ2v) is 7.83. The fourth-order valence-corrected chi connectivity index (χ4v) is 4.01. The highest BCUT2D eigenvalue weighted by Crippen LogP contribution is 2.25. The van der Waals surface area contributed by atoms with Crippen LogP contribution in [0.4, 0.5) is 16.2 Å². The van der Waals surface area contributed by atoms with Crippen LogP contribution in [0.3, 0.4) is 0 Å². The van der Waals surface area contributed by atoms with Gasteiger partial charge in [-0.25, -0.2) is 4.79 Å². The van der Waals surface area contributed by atoms with E-state index in [4.69, 9.17) is 0 Å². The Balaban J connectivity index is 1.50. The number of nitrogens with zero attached hydrogens (tertiary/aromatic N) is 4. The normalized spacial score (nSPS) is 20.4. The van der Waals surface area contributed by atoms with Crippen molar-refractivity contribution in [3.8, 4) is 0 Å². The van der Waals surface area contributed by atoms with Crippen LogP contribution in [0.15, 0.2) is 18.2 Å². The number of likely N-dealkylation sites (tertiary alicyclic amines) is 1. The summed E-state index contributed by atoms with van der Waals surface area (Å²) >= 11 is 0. The number of hydrogen-bond acceptors (Lipinski definition) is 5. The zero-order valence-corrected chi connectivity index (χ0v) is 17.1. The average molecular weight is 403 g/mol. The number of carbonyl (C=O) groups is 2. The Labute approximate surface area is 170 Å². The molecule has 1 N–H and O–H groups in total. The maximum absolute atomic E-state index is 12.6. The average Bonchev–Trinajstić information content (AvgIpc) is 2.70. The molecule has 158 valence electrons. The van der Waals surface area contributed by atoms with Gasteiger partial charge in [-0.3, -0.25) is 19.8 Å². The Morgan fingerprint density at radius 1 is 1.17 bits per heavy atom. The quantitative estimate of drug-likeness (QED) is 0.615. The Hall–Kier alpha value is -2.68. The fourth-order valence-electron chi connectivity index (χ4n) is 4.01. The molecule has 2 aliphatic heterocycles. The largest absolute Gasteiger partial charge is 0.339 e. The summed E-state index contributed by atoms with van der Waals surface area (Å²) in [6.45, 7) is 7.26. The third-order valence-electron chi connectivity index (χ3n) is 5.89. The predicted octanol–water partition coefficient (Wildman–Crippen LogP) is 2.45. The van der Waals surface area contributed by atoms with E-state index in [2.05, 4.69) is 17.1 Å². The molecule has 2 heterocycles. The van der Waals surface area contributed by atoms with Crippen LogP contribution < -0.4 is 5.32 Å². The van der Waals surface area contributed by atoms with Crippen LogP contribution in [0.1, 0.15) is 31.7 Å². The molecule has 3 amide bonds. The van der Waals surface area contributed by atoms with Crippen molar-refractivity contribution in [2.75, 3.05) is 44.6 Å². The first kappa shape index (κ1) is 21.0. The van der Waals surface area contributed by atoms with Crippen LogP contribution >= 0.6 is 0 Å². The minimum absolute atomic E-state index is 0.0157. The standard InChI is InChI=1S/C20H29N5O4/c1-15-6-3-4-9-24(15)19(26)14-22-10-12-23(13-11-22)20(27)21-17-7-5-8-18(16(17)2)25(28)29/h5,7-8,15H,3-4,6,9-14H2,1-2H3,(H,21,27). The number of urea groups is 1. The molecule has 1 atom stereocenters. The molecule has 0 bridgehead atoms. The van der Waals surface area contributed by atoms with Crippen molar-refractivity contribution >= 4 is 23.3 Å². The zero-order chi connectivity index (χ0) is 21.0. The second-order valence-electron chi connectivity index (χ2n) is 7.83. The molecule has 0 spiro atoms. The molecule has 1 aromatic carbocycles. The molecule has 2 fully saturated rings. The number of nitro groups is 1. The summed E-state index contributed by atoms with van der Waals surface area (Å²) in [4.78, 5) is 41.5. The van der Waals surface area contributed by atoms with E-state index >= 15 is 0 Å². The van der Waals surface area contributed by atoms with Crippen molar-refractivity contribution in [3.05, 3.63) is 33.9 Å². The molecule has 29 heavy (non-hydrogen) atoms. The second kappa shape index (κ2) is 9.21. The fraction of sp³-hybridized carbons (Fsp3) is 0.600. The SMILES string of the molecule is Cc1c(NC(=O)N2CCN(CC(=O)N3CCCCC3C)CC2)cccc1[N+](=O)[O-]. The summed E-state index contributed by atoms with van der Waals surface area (Å²) in [6, 6.07) is 4.68. The van der Waals surface area contributed by atoms with E-state index in [1.54, 1.807) is 24.0 Å². The lowest BCUT2D eigenvalue weighted by Crippen LogP contribution is -2.53. The van der Waals surface area contributed by atoms with Crippen LogP contribution in [0.5, 0.6) is 0 Å². The van der Waals surface area contributed by atoms with Gasteiger partial charge in [0.1, 0.15) is 0 Å². The maximum Gasteiger partial charge on any atom is 0.321 e. The summed E-state index contributed by atoms with van der Waals surface area (Å²) in [7, 11) is 0. The van der Waals surface area contributed by atoms with Gasteiger partial charge in [0.05, 0.1) is 22.7 Å². The van der Waals surface area contributed by atoms with E-state index in [9.17, 15) is 19.7 Å². The van der Waals surface area contributed by atoms with E-state index in [0.29, 0.717) is 50.0 Å². The molecule has 2 aliphatic rings. The number of rotatable bonds is 4. The van der Waals surface area contributed by atoms with Gasteiger partial charge in [0, 0.05) is 44.8 Å². The smallest absolute Gasteiger partial charge is 0.321 e. The van der Waals surface area contributed by atoms with Gasteiger partial charge in [0.15, 0.2) is 0 Å². The Morgan fingerprint density at radius 2 is 1.90 bits per heavy atom. The van der Waals surface area contributed by atoms with Crippen LogP contribution in [-0.2, 0) is 4.79 Å². The van der Waals surface area contributed by atoms with Gasteiger partial charge in [0.25, 0.3) is 5.69 Å². The van der Waals surface area contributed by atoms with Gasteiger partial charge >= 0.3 is 6.03 Å². The molecule has 1 aromatic rings. The van der Waals surface area contributed by atoms with Crippen molar-refractivity contribution in [2.45, 2.75) is 39.2 Å². The summed E-state index contributed by atoms with van der Waals surface area (Å²) in [5, 5.41) is 13.8. The van der Waals surface area contributed by atoms with E-state index in [-0.39, 0.29) is 17.6 Å². The van der Waals surface area contributed by atoms with Crippen LogP contribution in [0, 0.1) is 17.0 Å². The van der Waals surface area contributed by atoms with E-state index in [1.807, 2.05) is 4.90 Å². The zero-order valence-electron chi connectivity index (χ0n) is 17.1. The number of carbonyl (C=O) groups excluding carboxylic acids is 2. The van der Waals surface area contributed by atoms with Crippen LogP contribution in [0.2, 0.25) is 0 Å². The number of nitro benzene ring substituents is 1. The molecule has 0 aromatic heterocycles. The first-order valence-electron chi connectivity index (χ1n) is 10.2. The van der Waals surface area contributed by atoms with Gasteiger partial charge in [-0.1, -0.05) is 6.07 Å². The molecular formula is C20H29N5O4. The molecule has 9 heteroatoms. The summed E-state index contributed by atoms with van der Waals surface area (Å²) in [5.41, 5.74) is 0.865. The van der Waals surface area contributed by atoms with Crippen molar-refractivity contribution in [2.24, 2.45) is 0 Å². The van der Waals surface area contributed by atoms with Crippen LogP contribution in [-0.4, -0.2) is 76.9 Å². The molecule has 0 radical (unpaired) electrons. The van der Waals surface area contributed by atoms with E-state index in [0.717, 1.165) is 19.4 Å². The highest BCUT2D eigenvalue weighted by atomic mass is 16.6. The Morgan fingerprint density at radius 3 is 2.55 bits per heavy atom. The summed E-state index contributed by atoms with van der Waals surface area (Å²) in [6.07, 6.45) is 3.32. The Bertz CT molecular complexity index is 776. The van der Waals surface area contributed by atoms with Gasteiger partial charge in [-0.05, 0) is 39.2 Å². The molecule has 0 aliphatic carbocycles. The third-order valence-corrected chi connectivity index (χ3v) is 5.89. The van der Waals surface area contributed by atoms with Crippen molar-refractivity contribution in [1.29, 1.82) is 0 Å². The third kappa shape index (κ3) is 5.03. The minimum atomic E-state index is -0.454. The lowest BCUT2D eigenvalue weighted by Gasteiger charge is -2.38. The van der Waals surface area contributed by atoms with Crippen molar-refractivity contribution < 1.29 is 14.5 Å². The predicted molar refractivity (Wildman–Crippen MR) is 110 cm³/mol. The van der Waals surface area contributed by atoms with Crippen LogP contribution in [0.25, 0.3) is 0 Å². The monoisotopic (exact) mass is 403 g/mol. The van der Waals surface area contributed by atoms with Gasteiger partial charge in [0.2, 0.25) is 5.91 Å². The first-order chi connectivity index (χ1) is 13.9. The van der Waals surface area contributed by atoms with Gasteiger partial charge < -0.3 is 15.1 Å².